The molecule has 0 saturated carbocycles. The van der Waals surface area contributed by atoms with Crippen molar-refractivity contribution in [2.45, 2.75) is 32.4 Å². The van der Waals surface area contributed by atoms with Crippen LogP contribution in [0.3, 0.4) is 0 Å². The Labute approximate surface area is 200 Å². The standard InChI is InChI=1S/C26H33F3N4O/c1-6-8-24(32(5)30-4)21-10-9-19(3)22(17-21)18-23(7-2)31-25(34)20-11-14-33(15-12-20)16-13-26(27,28)29/h6-10,17-18,20H,1-2,4,11-16H2,3,5H3,(H,31,34)/b23-18+,24-8-. The number of nitrogens with zero attached hydrogens (tertiary/aromatic N) is 3. The van der Waals surface area contributed by atoms with Crippen LogP contribution in [0.25, 0.3) is 11.8 Å². The molecule has 184 valence electrons. The highest BCUT2D eigenvalue weighted by Crippen LogP contribution is 2.25. The van der Waals surface area contributed by atoms with Crippen LogP contribution in [0.4, 0.5) is 13.2 Å². The highest BCUT2D eigenvalue weighted by molar-refractivity contribution is 5.82. The zero-order valence-electron chi connectivity index (χ0n) is 19.9. The summed E-state index contributed by atoms with van der Waals surface area (Å²) in [6.07, 6.45) is 3.02. The van der Waals surface area contributed by atoms with Crippen LogP contribution >= 0.6 is 0 Å². The van der Waals surface area contributed by atoms with Crippen LogP contribution in [-0.4, -0.2) is 55.4 Å². The molecule has 1 amide bonds. The smallest absolute Gasteiger partial charge is 0.326 e. The molecule has 8 heteroatoms. The third kappa shape index (κ3) is 8.02. The minimum Gasteiger partial charge on any atom is -0.326 e. The van der Waals surface area contributed by atoms with Crippen LogP contribution < -0.4 is 5.32 Å². The van der Waals surface area contributed by atoms with Gasteiger partial charge in [-0.2, -0.15) is 18.3 Å². The molecule has 1 aliphatic rings. The van der Waals surface area contributed by atoms with Gasteiger partial charge in [-0.25, -0.2) is 0 Å². The predicted octanol–water partition coefficient (Wildman–Crippen LogP) is 5.38. The van der Waals surface area contributed by atoms with Crippen LogP contribution in [0.5, 0.6) is 0 Å². The summed E-state index contributed by atoms with van der Waals surface area (Å²) in [5, 5.41) is 8.53. The fraction of sp³-hybridized carbons (Fsp3) is 0.385. The van der Waals surface area contributed by atoms with E-state index in [1.165, 1.54) is 0 Å². The van der Waals surface area contributed by atoms with E-state index in [0.717, 1.165) is 22.4 Å². The number of aryl methyl sites for hydroxylation is 1. The van der Waals surface area contributed by atoms with E-state index in [2.05, 4.69) is 30.3 Å². The number of nitrogens with one attached hydrogen (secondary N) is 1. The number of likely N-dealkylation sites (tertiary alicyclic amines) is 1. The lowest BCUT2D eigenvalue weighted by atomic mass is 9.95. The number of hydrogen-bond donors (Lipinski definition) is 1. The van der Waals surface area contributed by atoms with Crippen molar-refractivity contribution in [3.63, 3.8) is 0 Å². The summed E-state index contributed by atoms with van der Waals surface area (Å²) in [6, 6.07) is 5.94. The molecule has 0 spiro atoms. The molecule has 2 rings (SSSR count). The van der Waals surface area contributed by atoms with Crippen molar-refractivity contribution in [2.24, 2.45) is 11.0 Å². The molecule has 1 fully saturated rings. The number of carbonyl (C=O) groups excluding carboxylic acids is 1. The van der Waals surface area contributed by atoms with E-state index in [1.807, 2.05) is 37.3 Å². The normalized spacial score (nSPS) is 16.1. The average Bonchev–Trinajstić information content (AvgIpc) is 2.81. The van der Waals surface area contributed by atoms with Gasteiger partial charge in [-0.05, 0) is 68.3 Å². The highest BCUT2D eigenvalue weighted by Gasteiger charge is 2.30. The van der Waals surface area contributed by atoms with Gasteiger partial charge in [0.2, 0.25) is 5.91 Å². The Hall–Kier alpha value is -3.13. The van der Waals surface area contributed by atoms with Gasteiger partial charge in [-0.1, -0.05) is 31.4 Å². The van der Waals surface area contributed by atoms with Gasteiger partial charge in [0.05, 0.1) is 12.1 Å². The van der Waals surface area contributed by atoms with Gasteiger partial charge in [-0.15, -0.1) is 0 Å². The molecular formula is C26H33F3N4O. The molecule has 1 saturated heterocycles. The first-order valence-corrected chi connectivity index (χ1v) is 11.2. The summed E-state index contributed by atoms with van der Waals surface area (Å²) < 4.78 is 37.3. The molecule has 1 heterocycles. The molecule has 1 aliphatic heterocycles. The summed E-state index contributed by atoms with van der Waals surface area (Å²) in [4.78, 5) is 14.6. The Morgan fingerprint density at radius 1 is 1.29 bits per heavy atom. The van der Waals surface area contributed by atoms with E-state index in [1.54, 1.807) is 29.1 Å². The van der Waals surface area contributed by atoms with Gasteiger partial charge >= 0.3 is 6.18 Å². The average molecular weight is 475 g/mol. The second-order valence-corrected chi connectivity index (χ2v) is 8.30. The third-order valence-corrected chi connectivity index (χ3v) is 5.88. The maximum absolute atomic E-state index is 12.8. The summed E-state index contributed by atoms with van der Waals surface area (Å²) >= 11 is 0. The van der Waals surface area contributed by atoms with Crippen LogP contribution in [0, 0.1) is 12.8 Å². The van der Waals surface area contributed by atoms with Gasteiger partial charge < -0.3 is 10.2 Å². The van der Waals surface area contributed by atoms with Crippen molar-refractivity contribution in [1.29, 1.82) is 0 Å². The van der Waals surface area contributed by atoms with Gasteiger partial charge in [0.15, 0.2) is 0 Å². The Morgan fingerprint density at radius 2 is 1.97 bits per heavy atom. The topological polar surface area (TPSA) is 47.9 Å². The Kier molecular flexibility index (Phi) is 9.86. The van der Waals surface area contributed by atoms with Gasteiger partial charge in [0.25, 0.3) is 0 Å². The number of hydrazone groups is 1. The molecule has 0 radical (unpaired) electrons. The van der Waals surface area contributed by atoms with Crippen molar-refractivity contribution in [1.82, 2.24) is 15.2 Å². The highest BCUT2D eigenvalue weighted by atomic mass is 19.4. The second kappa shape index (κ2) is 12.4. The molecule has 5 nitrogen and oxygen atoms in total. The summed E-state index contributed by atoms with van der Waals surface area (Å²) in [5.41, 5.74) is 4.22. The van der Waals surface area contributed by atoms with Crippen LogP contribution in [0.1, 0.15) is 36.0 Å². The van der Waals surface area contributed by atoms with Crippen molar-refractivity contribution < 1.29 is 18.0 Å². The zero-order chi connectivity index (χ0) is 25.3. The van der Waals surface area contributed by atoms with Gasteiger partial charge in [0.1, 0.15) is 0 Å². The molecule has 34 heavy (non-hydrogen) atoms. The third-order valence-electron chi connectivity index (χ3n) is 5.88. The van der Waals surface area contributed by atoms with Crippen LogP contribution in [0.2, 0.25) is 0 Å². The number of hydrogen-bond acceptors (Lipinski definition) is 4. The lowest BCUT2D eigenvalue weighted by molar-refractivity contribution is -0.139. The number of piperidine rings is 1. The van der Waals surface area contributed by atoms with Gasteiger partial charge in [0, 0.05) is 37.5 Å². The van der Waals surface area contributed by atoms with E-state index >= 15 is 0 Å². The minimum atomic E-state index is -4.16. The number of rotatable bonds is 10. The molecular weight excluding hydrogens is 441 g/mol. The molecule has 0 bridgehead atoms. The van der Waals surface area contributed by atoms with E-state index in [-0.39, 0.29) is 18.4 Å². The summed E-state index contributed by atoms with van der Waals surface area (Å²) in [6.45, 7) is 14.0. The quantitative estimate of drug-likeness (QED) is 0.282. The van der Waals surface area contributed by atoms with Crippen molar-refractivity contribution >= 4 is 24.4 Å². The first-order valence-electron chi connectivity index (χ1n) is 11.2. The number of benzene rings is 1. The number of amides is 1. The second-order valence-electron chi connectivity index (χ2n) is 8.30. The van der Waals surface area contributed by atoms with Gasteiger partial charge in [-0.3, -0.25) is 9.80 Å². The largest absolute Gasteiger partial charge is 0.390 e. The molecule has 0 aliphatic carbocycles. The Morgan fingerprint density at radius 3 is 2.53 bits per heavy atom. The number of allylic oxidation sites excluding steroid dienone is 3. The van der Waals surface area contributed by atoms with Crippen molar-refractivity contribution in [2.75, 3.05) is 26.7 Å². The fourth-order valence-electron chi connectivity index (χ4n) is 3.80. The molecule has 1 N–H and O–H groups in total. The fourth-order valence-corrected chi connectivity index (χ4v) is 3.80. The van der Waals surface area contributed by atoms with E-state index < -0.39 is 12.6 Å². The lowest BCUT2D eigenvalue weighted by Crippen LogP contribution is -2.41. The molecule has 1 aromatic carbocycles. The summed E-state index contributed by atoms with van der Waals surface area (Å²) in [7, 11) is 1.79. The van der Waals surface area contributed by atoms with Crippen LogP contribution in [0.15, 0.2) is 60.4 Å². The Balaban J connectivity index is 2.10. The monoisotopic (exact) mass is 474 g/mol. The predicted molar refractivity (Wildman–Crippen MR) is 133 cm³/mol. The van der Waals surface area contributed by atoms with Crippen LogP contribution in [-0.2, 0) is 4.79 Å². The van der Waals surface area contributed by atoms with E-state index in [0.29, 0.717) is 31.6 Å². The lowest BCUT2D eigenvalue weighted by Gasteiger charge is -2.31. The maximum Gasteiger partial charge on any atom is 0.390 e. The molecule has 0 unspecified atom stereocenters. The first-order chi connectivity index (χ1) is 16.1. The Bertz CT molecular complexity index is 957. The minimum absolute atomic E-state index is 0.0237. The molecule has 0 aromatic heterocycles. The molecule has 1 aromatic rings. The SMILES string of the molecule is C=C/C=C(/c1ccc(C)c(/C=C(\C=C)NC(=O)C2CCN(CCC(F)(F)F)CC2)c1)N(C)N=C. The number of alkyl halides is 3. The van der Waals surface area contributed by atoms with Crippen molar-refractivity contribution in [3.8, 4) is 0 Å². The number of carbonyl (C=O) groups is 1. The number of halogens is 3. The first kappa shape index (κ1) is 27.1. The zero-order valence-corrected chi connectivity index (χ0v) is 19.9. The van der Waals surface area contributed by atoms with E-state index in [9.17, 15) is 18.0 Å². The van der Waals surface area contributed by atoms with E-state index in [4.69, 9.17) is 0 Å². The maximum atomic E-state index is 12.8. The molecule has 0 atom stereocenters. The van der Waals surface area contributed by atoms with Crippen molar-refractivity contribution in [3.05, 3.63) is 72.0 Å². The summed E-state index contributed by atoms with van der Waals surface area (Å²) in [5.74, 6) is -0.384.